The Bertz CT molecular complexity index is 932. The topological polar surface area (TPSA) is 91.8 Å². The van der Waals surface area contributed by atoms with E-state index in [-0.39, 0.29) is 24.5 Å². The van der Waals surface area contributed by atoms with E-state index in [9.17, 15) is 14.4 Å². The first-order valence-electron chi connectivity index (χ1n) is 10.0. The normalized spacial score (nSPS) is 21.4. The van der Waals surface area contributed by atoms with E-state index in [1.807, 2.05) is 18.2 Å². The van der Waals surface area contributed by atoms with Crippen LogP contribution < -0.4 is 5.32 Å². The molecule has 3 amide bonds. The Morgan fingerprint density at radius 1 is 1.17 bits per heavy atom. The van der Waals surface area contributed by atoms with E-state index in [2.05, 4.69) is 10.3 Å². The second-order valence-corrected chi connectivity index (χ2v) is 7.49. The summed E-state index contributed by atoms with van der Waals surface area (Å²) in [6.07, 6.45) is 3.32. The van der Waals surface area contributed by atoms with Gasteiger partial charge in [-0.2, -0.15) is 0 Å². The van der Waals surface area contributed by atoms with Crippen molar-refractivity contribution in [3.63, 3.8) is 0 Å². The number of urea groups is 1. The molecule has 2 unspecified atom stereocenters. The molecule has 0 spiro atoms. The summed E-state index contributed by atoms with van der Waals surface area (Å²) in [6, 6.07) is 11.5. The van der Waals surface area contributed by atoms with Crippen LogP contribution in [-0.2, 0) is 22.6 Å². The maximum absolute atomic E-state index is 13.3. The molecule has 2 fully saturated rings. The summed E-state index contributed by atoms with van der Waals surface area (Å²) >= 11 is 0. The number of hydrogen-bond acceptors (Lipinski definition) is 6. The molecule has 4 rings (SSSR count). The summed E-state index contributed by atoms with van der Waals surface area (Å²) in [4.78, 5) is 45.3. The molecule has 30 heavy (non-hydrogen) atoms. The lowest BCUT2D eigenvalue weighted by molar-refractivity contribution is -0.137. The van der Waals surface area contributed by atoms with Gasteiger partial charge in [-0.3, -0.25) is 14.7 Å². The zero-order valence-electron chi connectivity index (χ0n) is 16.8. The molecule has 2 aliphatic rings. The van der Waals surface area contributed by atoms with Crippen molar-refractivity contribution in [3.8, 4) is 0 Å². The van der Waals surface area contributed by atoms with Gasteiger partial charge in [-0.1, -0.05) is 18.2 Å². The molecule has 1 aromatic carbocycles. The molecular weight excluding hydrogens is 384 g/mol. The first kappa shape index (κ1) is 20.0. The second-order valence-electron chi connectivity index (χ2n) is 7.49. The van der Waals surface area contributed by atoms with E-state index in [1.165, 1.54) is 12.0 Å². The number of nitrogens with zero attached hydrogens (tertiary/aromatic N) is 3. The number of carbonyl (C=O) groups excluding carboxylic acids is 3. The highest BCUT2D eigenvalue weighted by molar-refractivity contribution is 6.00. The summed E-state index contributed by atoms with van der Waals surface area (Å²) < 4.78 is 4.73. The van der Waals surface area contributed by atoms with E-state index in [0.717, 1.165) is 24.9 Å². The molecule has 8 heteroatoms. The molecule has 0 bridgehead atoms. The molecule has 0 aliphatic carbocycles. The Morgan fingerprint density at radius 3 is 2.67 bits per heavy atom. The van der Waals surface area contributed by atoms with E-state index < -0.39 is 12.0 Å². The van der Waals surface area contributed by atoms with E-state index >= 15 is 0 Å². The number of pyridine rings is 1. The maximum Gasteiger partial charge on any atom is 0.337 e. The van der Waals surface area contributed by atoms with Crippen LogP contribution in [0.4, 0.5) is 4.79 Å². The van der Waals surface area contributed by atoms with Gasteiger partial charge in [0, 0.05) is 12.7 Å². The van der Waals surface area contributed by atoms with Crippen LogP contribution >= 0.6 is 0 Å². The zero-order valence-corrected chi connectivity index (χ0v) is 16.8. The van der Waals surface area contributed by atoms with Crippen molar-refractivity contribution in [2.75, 3.05) is 13.7 Å². The third kappa shape index (κ3) is 3.91. The Balaban J connectivity index is 1.58. The van der Waals surface area contributed by atoms with Gasteiger partial charge in [0.05, 0.1) is 31.0 Å². The van der Waals surface area contributed by atoms with Gasteiger partial charge in [-0.15, -0.1) is 0 Å². The standard InChI is InChI=1S/C22H24N4O4/c1-30-21(28)16-9-7-15(8-10-16)13-25-18-6-4-12-24-19(18)20(27)26(22(25)29)14-17-5-2-3-11-23-17/h2-3,5,7-11,18-19,24H,4,6,12-14H2,1H3. The van der Waals surface area contributed by atoms with Gasteiger partial charge < -0.3 is 15.0 Å². The number of rotatable bonds is 5. The minimum Gasteiger partial charge on any atom is -0.465 e. The quantitative estimate of drug-likeness (QED) is 0.761. The fourth-order valence-electron chi connectivity index (χ4n) is 4.06. The molecule has 2 aliphatic heterocycles. The fraction of sp³-hybridized carbons (Fsp3) is 0.364. The highest BCUT2D eigenvalue weighted by Crippen LogP contribution is 2.27. The second kappa shape index (κ2) is 8.62. The van der Waals surface area contributed by atoms with Crippen molar-refractivity contribution in [2.45, 2.75) is 38.0 Å². The van der Waals surface area contributed by atoms with Crippen molar-refractivity contribution in [1.82, 2.24) is 20.1 Å². The Hall–Kier alpha value is -3.26. The number of carbonyl (C=O) groups is 3. The van der Waals surface area contributed by atoms with Crippen LogP contribution in [0.25, 0.3) is 0 Å². The van der Waals surface area contributed by atoms with Crippen LogP contribution in [0.3, 0.4) is 0 Å². The van der Waals surface area contributed by atoms with Gasteiger partial charge in [0.25, 0.3) is 0 Å². The number of ether oxygens (including phenoxy) is 1. The van der Waals surface area contributed by atoms with Gasteiger partial charge in [0.15, 0.2) is 0 Å². The van der Waals surface area contributed by atoms with Crippen molar-refractivity contribution in [2.24, 2.45) is 0 Å². The van der Waals surface area contributed by atoms with Gasteiger partial charge in [0.1, 0.15) is 6.04 Å². The molecule has 8 nitrogen and oxygen atoms in total. The van der Waals surface area contributed by atoms with E-state index in [1.54, 1.807) is 35.4 Å². The molecule has 156 valence electrons. The number of nitrogens with one attached hydrogen (secondary N) is 1. The number of hydrogen-bond donors (Lipinski definition) is 1. The Morgan fingerprint density at radius 2 is 1.97 bits per heavy atom. The first-order chi connectivity index (χ1) is 14.6. The molecule has 3 heterocycles. The molecule has 2 saturated heterocycles. The number of piperidine rings is 1. The number of imide groups is 1. The predicted octanol–water partition coefficient (Wildman–Crippen LogP) is 1.95. The monoisotopic (exact) mass is 408 g/mol. The fourth-order valence-corrected chi connectivity index (χ4v) is 4.06. The number of fused-ring (bicyclic) bond motifs is 1. The molecular formula is C22H24N4O4. The van der Waals surface area contributed by atoms with Crippen LogP contribution in [0.2, 0.25) is 0 Å². The lowest BCUT2D eigenvalue weighted by atomic mass is 9.93. The van der Waals surface area contributed by atoms with Crippen molar-refractivity contribution in [3.05, 3.63) is 65.5 Å². The van der Waals surface area contributed by atoms with Gasteiger partial charge in [0.2, 0.25) is 5.91 Å². The highest BCUT2D eigenvalue weighted by Gasteiger charge is 2.47. The number of esters is 1. The Labute approximate surface area is 174 Å². The number of amides is 3. The molecule has 0 saturated carbocycles. The molecule has 1 aromatic heterocycles. The minimum absolute atomic E-state index is 0.140. The van der Waals surface area contributed by atoms with Crippen LogP contribution in [0.5, 0.6) is 0 Å². The summed E-state index contributed by atoms with van der Waals surface area (Å²) in [7, 11) is 1.34. The summed E-state index contributed by atoms with van der Waals surface area (Å²) in [6.45, 7) is 1.25. The minimum atomic E-state index is -0.422. The number of aromatic nitrogens is 1. The average molecular weight is 408 g/mol. The third-order valence-electron chi connectivity index (χ3n) is 5.61. The van der Waals surface area contributed by atoms with Crippen molar-refractivity contribution >= 4 is 17.9 Å². The Kier molecular flexibility index (Phi) is 5.76. The first-order valence-corrected chi connectivity index (χ1v) is 10.0. The SMILES string of the molecule is COC(=O)c1ccc(CN2C(=O)N(Cc3ccccn3)C(=O)C3NCCCC32)cc1. The molecule has 1 N–H and O–H groups in total. The average Bonchev–Trinajstić information content (AvgIpc) is 2.80. The lowest BCUT2D eigenvalue weighted by Crippen LogP contribution is -2.68. The summed E-state index contributed by atoms with van der Waals surface area (Å²) in [5, 5.41) is 3.29. The van der Waals surface area contributed by atoms with E-state index in [4.69, 9.17) is 4.74 Å². The zero-order chi connectivity index (χ0) is 21.1. The lowest BCUT2D eigenvalue weighted by Gasteiger charge is -2.47. The summed E-state index contributed by atoms with van der Waals surface area (Å²) in [5.41, 5.74) is 2.00. The largest absolute Gasteiger partial charge is 0.465 e. The summed E-state index contributed by atoms with van der Waals surface area (Å²) in [5.74, 6) is -0.605. The molecule has 0 radical (unpaired) electrons. The maximum atomic E-state index is 13.3. The smallest absolute Gasteiger partial charge is 0.337 e. The van der Waals surface area contributed by atoms with Crippen molar-refractivity contribution < 1.29 is 19.1 Å². The van der Waals surface area contributed by atoms with Crippen LogP contribution in [0.15, 0.2) is 48.7 Å². The van der Waals surface area contributed by atoms with Crippen LogP contribution in [0, 0.1) is 0 Å². The van der Waals surface area contributed by atoms with Gasteiger partial charge >= 0.3 is 12.0 Å². The van der Waals surface area contributed by atoms with Crippen LogP contribution in [0.1, 0.15) is 34.5 Å². The van der Waals surface area contributed by atoms with Crippen LogP contribution in [-0.4, -0.2) is 58.4 Å². The molecule has 2 atom stereocenters. The third-order valence-corrected chi connectivity index (χ3v) is 5.61. The molecule has 2 aromatic rings. The van der Waals surface area contributed by atoms with E-state index in [0.29, 0.717) is 17.8 Å². The highest BCUT2D eigenvalue weighted by atomic mass is 16.5. The van der Waals surface area contributed by atoms with Gasteiger partial charge in [-0.05, 0) is 49.2 Å². The number of benzene rings is 1. The van der Waals surface area contributed by atoms with Gasteiger partial charge in [-0.25, -0.2) is 9.59 Å². The number of methoxy groups -OCH3 is 1. The predicted molar refractivity (Wildman–Crippen MR) is 108 cm³/mol. The van der Waals surface area contributed by atoms with Crippen molar-refractivity contribution in [1.29, 1.82) is 0 Å².